The van der Waals surface area contributed by atoms with Crippen molar-refractivity contribution in [1.82, 2.24) is 4.90 Å². The first-order chi connectivity index (χ1) is 9.49. The van der Waals surface area contributed by atoms with Crippen LogP contribution in [0.15, 0.2) is 24.3 Å². The normalized spacial score (nSPS) is 19.1. The third-order valence-corrected chi connectivity index (χ3v) is 3.83. The van der Waals surface area contributed by atoms with Crippen LogP contribution in [0.3, 0.4) is 0 Å². The van der Waals surface area contributed by atoms with Crippen molar-refractivity contribution in [3.63, 3.8) is 0 Å². The zero-order chi connectivity index (χ0) is 14.7. The highest BCUT2D eigenvalue weighted by Gasteiger charge is 2.26. The summed E-state index contributed by atoms with van der Waals surface area (Å²) in [6, 6.07) is 7.07. The van der Waals surface area contributed by atoms with Crippen LogP contribution in [0.4, 0.5) is 0 Å². The van der Waals surface area contributed by atoms with E-state index >= 15 is 0 Å². The van der Waals surface area contributed by atoms with E-state index in [2.05, 4.69) is 0 Å². The van der Waals surface area contributed by atoms with Gasteiger partial charge in [-0.15, -0.1) is 0 Å². The first-order valence-electron chi connectivity index (χ1n) is 7.11. The molecule has 0 spiro atoms. The minimum Gasteiger partial charge on any atom is -0.478 e. The number of carbonyl (C=O) groups excluding carboxylic acids is 1. The highest BCUT2D eigenvalue weighted by Crippen LogP contribution is 2.28. The number of carboxylic acids is 1. The van der Waals surface area contributed by atoms with Gasteiger partial charge in [-0.25, -0.2) is 4.79 Å². The lowest BCUT2D eigenvalue weighted by Crippen LogP contribution is -2.41. The van der Waals surface area contributed by atoms with Crippen molar-refractivity contribution in [2.75, 3.05) is 13.1 Å². The minimum atomic E-state index is -0.905. The van der Waals surface area contributed by atoms with Gasteiger partial charge in [0.2, 0.25) is 5.91 Å². The molecule has 1 aliphatic heterocycles. The van der Waals surface area contributed by atoms with Gasteiger partial charge in [-0.3, -0.25) is 4.79 Å². The van der Waals surface area contributed by atoms with Gasteiger partial charge in [-0.05, 0) is 30.5 Å². The Balaban J connectivity index is 2.14. The molecule has 1 heterocycles. The van der Waals surface area contributed by atoms with Gasteiger partial charge in [-0.1, -0.05) is 26.0 Å². The molecule has 0 saturated carbocycles. The second-order valence-electron chi connectivity index (χ2n) is 5.71. The summed E-state index contributed by atoms with van der Waals surface area (Å²) in [6.07, 6.45) is 1.98. The molecule has 1 fully saturated rings. The van der Waals surface area contributed by atoms with E-state index < -0.39 is 5.97 Å². The number of rotatable bonds is 3. The Hall–Kier alpha value is -1.84. The van der Waals surface area contributed by atoms with Crippen LogP contribution in [0.2, 0.25) is 0 Å². The van der Waals surface area contributed by atoms with Gasteiger partial charge in [-0.2, -0.15) is 0 Å². The van der Waals surface area contributed by atoms with E-state index in [1.165, 1.54) is 0 Å². The Bertz CT molecular complexity index is 510. The van der Waals surface area contributed by atoms with Crippen molar-refractivity contribution in [2.45, 2.75) is 32.6 Å². The molecule has 20 heavy (non-hydrogen) atoms. The fraction of sp³-hybridized carbons (Fsp3) is 0.500. The van der Waals surface area contributed by atoms with Crippen LogP contribution in [0.5, 0.6) is 0 Å². The summed E-state index contributed by atoms with van der Waals surface area (Å²) in [5.74, 6) is -0.466. The number of piperidine rings is 1. The number of amides is 1. The molecule has 0 bridgehead atoms. The maximum absolute atomic E-state index is 12.1. The van der Waals surface area contributed by atoms with Gasteiger partial charge in [0.25, 0.3) is 0 Å². The molecule has 1 atom stereocenters. The molecule has 1 saturated heterocycles. The van der Waals surface area contributed by atoms with Crippen molar-refractivity contribution in [3.8, 4) is 0 Å². The van der Waals surface area contributed by atoms with Crippen LogP contribution >= 0.6 is 0 Å². The molecule has 4 nitrogen and oxygen atoms in total. The predicted molar refractivity (Wildman–Crippen MR) is 76.8 cm³/mol. The second kappa shape index (κ2) is 6.07. The standard InChI is InChI=1S/C16H21NO3/c1-11(2)15(18)17-8-4-7-14(10-17)12-5-3-6-13(9-12)16(19)20/h3,5-6,9,11,14H,4,7-8,10H2,1-2H3,(H,19,20)/t14-/m1/s1. The van der Waals surface area contributed by atoms with Crippen molar-refractivity contribution < 1.29 is 14.7 Å². The number of carboxylic acid groups (broad SMARTS) is 1. The Kier molecular flexibility index (Phi) is 4.42. The third-order valence-electron chi connectivity index (χ3n) is 3.83. The number of carbonyl (C=O) groups is 2. The summed E-state index contributed by atoms with van der Waals surface area (Å²) in [5.41, 5.74) is 1.33. The molecule has 1 aromatic rings. The van der Waals surface area contributed by atoms with Gasteiger partial charge in [0.05, 0.1) is 5.56 Å². The minimum absolute atomic E-state index is 0.0131. The average molecular weight is 275 g/mol. The topological polar surface area (TPSA) is 57.6 Å². The van der Waals surface area contributed by atoms with Crippen molar-refractivity contribution in [1.29, 1.82) is 0 Å². The summed E-state index contributed by atoms with van der Waals surface area (Å²) < 4.78 is 0. The fourth-order valence-corrected chi connectivity index (χ4v) is 2.74. The van der Waals surface area contributed by atoms with Crippen LogP contribution in [-0.4, -0.2) is 35.0 Å². The van der Waals surface area contributed by atoms with E-state index in [1.807, 2.05) is 24.8 Å². The van der Waals surface area contributed by atoms with E-state index in [-0.39, 0.29) is 17.7 Å². The third kappa shape index (κ3) is 3.18. The lowest BCUT2D eigenvalue weighted by Gasteiger charge is -2.34. The van der Waals surface area contributed by atoms with E-state index in [4.69, 9.17) is 5.11 Å². The van der Waals surface area contributed by atoms with Crippen molar-refractivity contribution in [2.24, 2.45) is 5.92 Å². The van der Waals surface area contributed by atoms with E-state index in [1.54, 1.807) is 18.2 Å². The van der Waals surface area contributed by atoms with Crippen LogP contribution in [0, 0.1) is 5.92 Å². The van der Waals surface area contributed by atoms with Crippen LogP contribution < -0.4 is 0 Å². The zero-order valence-electron chi connectivity index (χ0n) is 12.0. The molecule has 1 amide bonds. The van der Waals surface area contributed by atoms with Gasteiger partial charge < -0.3 is 10.0 Å². The molecule has 1 aromatic carbocycles. The first-order valence-corrected chi connectivity index (χ1v) is 7.11. The molecular formula is C16H21NO3. The fourth-order valence-electron chi connectivity index (χ4n) is 2.74. The summed E-state index contributed by atoms with van der Waals surface area (Å²) in [6.45, 7) is 5.33. The number of hydrogen-bond acceptors (Lipinski definition) is 2. The predicted octanol–water partition coefficient (Wildman–Crippen LogP) is 2.75. The molecule has 1 N–H and O–H groups in total. The Labute approximate surface area is 119 Å². The number of nitrogens with zero attached hydrogens (tertiary/aromatic N) is 1. The van der Waals surface area contributed by atoms with Gasteiger partial charge in [0.15, 0.2) is 0 Å². The maximum atomic E-state index is 12.1. The molecular weight excluding hydrogens is 254 g/mol. The molecule has 4 heteroatoms. The Morgan fingerprint density at radius 3 is 2.75 bits per heavy atom. The summed E-state index contributed by atoms with van der Waals surface area (Å²) in [5, 5.41) is 9.06. The second-order valence-corrected chi connectivity index (χ2v) is 5.71. The largest absolute Gasteiger partial charge is 0.478 e. The van der Waals surface area contributed by atoms with Crippen molar-refractivity contribution in [3.05, 3.63) is 35.4 Å². The van der Waals surface area contributed by atoms with Gasteiger partial charge in [0.1, 0.15) is 0 Å². The van der Waals surface area contributed by atoms with Crippen LogP contribution in [0.1, 0.15) is 48.5 Å². The molecule has 0 unspecified atom stereocenters. The van der Waals surface area contributed by atoms with Gasteiger partial charge in [0, 0.05) is 24.9 Å². The lowest BCUT2D eigenvalue weighted by molar-refractivity contribution is -0.135. The molecule has 108 valence electrons. The molecule has 1 aliphatic rings. The van der Waals surface area contributed by atoms with E-state index in [9.17, 15) is 9.59 Å². The quantitative estimate of drug-likeness (QED) is 0.922. The first kappa shape index (κ1) is 14.6. The molecule has 0 radical (unpaired) electrons. The number of benzene rings is 1. The molecule has 2 rings (SSSR count). The average Bonchev–Trinajstić information content (AvgIpc) is 2.46. The SMILES string of the molecule is CC(C)C(=O)N1CCC[C@@H](c2cccc(C(=O)O)c2)C1. The number of hydrogen-bond donors (Lipinski definition) is 1. The highest BCUT2D eigenvalue weighted by molar-refractivity contribution is 5.87. The maximum Gasteiger partial charge on any atom is 0.335 e. The van der Waals surface area contributed by atoms with E-state index in [0.29, 0.717) is 12.1 Å². The molecule has 0 aromatic heterocycles. The summed E-state index contributed by atoms with van der Waals surface area (Å²) in [7, 11) is 0. The summed E-state index contributed by atoms with van der Waals surface area (Å²) >= 11 is 0. The highest BCUT2D eigenvalue weighted by atomic mass is 16.4. The molecule has 0 aliphatic carbocycles. The smallest absolute Gasteiger partial charge is 0.335 e. The number of aromatic carboxylic acids is 1. The Morgan fingerprint density at radius 1 is 1.35 bits per heavy atom. The number of likely N-dealkylation sites (tertiary alicyclic amines) is 1. The Morgan fingerprint density at radius 2 is 2.10 bits per heavy atom. The lowest BCUT2D eigenvalue weighted by atomic mass is 9.89. The van der Waals surface area contributed by atoms with Crippen LogP contribution in [0.25, 0.3) is 0 Å². The van der Waals surface area contributed by atoms with Gasteiger partial charge >= 0.3 is 5.97 Å². The van der Waals surface area contributed by atoms with Crippen LogP contribution in [-0.2, 0) is 4.79 Å². The van der Waals surface area contributed by atoms with E-state index in [0.717, 1.165) is 24.9 Å². The summed E-state index contributed by atoms with van der Waals surface area (Å²) in [4.78, 5) is 25.0. The zero-order valence-corrected chi connectivity index (χ0v) is 12.0. The van der Waals surface area contributed by atoms with Crippen molar-refractivity contribution >= 4 is 11.9 Å². The monoisotopic (exact) mass is 275 g/mol.